The van der Waals surface area contributed by atoms with Gasteiger partial charge in [-0.25, -0.2) is 8.78 Å². The fourth-order valence-electron chi connectivity index (χ4n) is 1.65. The van der Waals surface area contributed by atoms with Crippen LogP contribution in [0.1, 0.15) is 11.1 Å². The Labute approximate surface area is 125 Å². The summed E-state index contributed by atoms with van der Waals surface area (Å²) >= 11 is 10.5. The maximum atomic E-state index is 13.7. The highest BCUT2D eigenvalue weighted by molar-refractivity contribution is 7.80. The predicted molar refractivity (Wildman–Crippen MR) is 78.0 cm³/mol. The van der Waals surface area contributed by atoms with Crippen molar-refractivity contribution in [3.63, 3.8) is 0 Å². The summed E-state index contributed by atoms with van der Waals surface area (Å²) in [7, 11) is 0. The lowest BCUT2D eigenvalue weighted by Crippen LogP contribution is -2.14. The average molecular weight is 314 g/mol. The van der Waals surface area contributed by atoms with Crippen molar-refractivity contribution in [1.29, 1.82) is 0 Å². The number of rotatable bonds is 4. The normalized spacial score (nSPS) is 10.3. The summed E-state index contributed by atoms with van der Waals surface area (Å²) in [6, 6.07) is 8.41. The third kappa shape index (κ3) is 3.23. The number of benzene rings is 2. The lowest BCUT2D eigenvalue weighted by molar-refractivity contribution is 0.290. The molecule has 0 saturated carbocycles. The minimum absolute atomic E-state index is 0.00418. The number of nitrogens with two attached hydrogens (primary N) is 1. The summed E-state index contributed by atoms with van der Waals surface area (Å²) in [6.45, 7) is 0.00418. The highest BCUT2D eigenvalue weighted by Crippen LogP contribution is 2.25. The number of thiocarbonyl (C=S) groups is 1. The molecule has 0 aromatic heterocycles. The molecular formula is C14H10ClF2NOS. The molecule has 104 valence electrons. The SMILES string of the molecule is NC(=S)c1cc(F)ccc1COc1cccc(Cl)c1F. The van der Waals surface area contributed by atoms with Gasteiger partial charge in [-0.1, -0.05) is 36.0 Å². The molecule has 0 aliphatic rings. The molecule has 2 aromatic carbocycles. The van der Waals surface area contributed by atoms with E-state index in [4.69, 9.17) is 34.3 Å². The van der Waals surface area contributed by atoms with Crippen molar-refractivity contribution in [3.8, 4) is 5.75 Å². The number of halogens is 3. The Hall–Kier alpha value is -1.72. The fourth-order valence-corrected chi connectivity index (χ4v) is 2.01. The average Bonchev–Trinajstić information content (AvgIpc) is 2.41. The van der Waals surface area contributed by atoms with Crippen LogP contribution in [0.25, 0.3) is 0 Å². The maximum Gasteiger partial charge on any atom is 0.183 e. The summed E-state index contributed by atoms with van der Waals surface area (Å²) in [5.74, 6) is -1.09. The Kier molecular flexibility index (Phi) is 4.52. The van der Waals surface area contributed by atoms with Crippen molar-refractivity contribution in [2.24, 2.45) is 5.73 Å². The molecule has 0 aliphatic carbocycles. The molecule has 0 spiro atoms. The van der Waals surface area contributed by atoms with Crippen LogP contribution in [0.15, 0.2) is 36.4 Å². The van der Waals surface area contributed by atoms with E-state index in [0.717, 1.165) is 0 Å². The van der Waals surface area contributed by atoms with Crippen molar-refractivity contribution in [2.45, 2.75) is 6.61 Å². The first-order valence-corrected chi connectivity index (χ1v) is 6.42. The fraction of sp³-hybridized carbons (Fsp3) is 0.0714. The van der Waals surface area contributed by atoms with Gasteiger partial charge in [0.15, 0.2) is 11.6 Å². The summed E-state index contributed by atoms with van der Waals surface area (Å²) in [6.07, 6.45) is 0. The second-order valence-electron chi connectivity index (χ2n) is 4.01. The van der Waals surface area contributed by atoms with Gasteiger partial charge in [-0.2, -0.15) is 0 Å². The zero-order chi connectivity index (χ0) is 14.7. The summed E-state index contributed by atoms with van der Waals surface area (Å²) in [5, 5.41) is -0.0313. The Morgan fingerprint density at radius 2 is 2.00 bits per heavy atom. The van der Waals surface area contributed by atoms with Crippen molar-refractivity contribution >= 4 is 28.8 Å². The molecule has 2 N–H and O–H groups in total. The predicted octanol–water partition coefficient (Wildman–Crippen LogP) is 3.83. The van der Waals surface area contributed by atoms with E-state index >= 15 is 0 Å². The van der Waals surface area contributed by atoms with Crippen molar-refractivity contribution in [3.05, 3.63) is 64.2 Å². The van der Waals surface area contributed by atoms with E-state index in [1.54, 1.807) is 6.07 Å². The van der Waals surface area contributed by atoms with Crippen LogP contribution < -0.4 is 10.5 Å². The zero-order valence-corrected chi connectivity index (χ0v) is 11.8. The lowest BCUT2D eigenvalue weighted by atomic mass is 10.1. The first-order chi connectivity index (χ1) is 9.49. The van der Waals surface area contributed by atoms with Gasteiger partial charge in [0, 0.05) is 5.56 Å². The molecule has 6 heteroatoms. The minimum atomic E-state index is -0.645. The monoisotopic (exact) mass is 313 g/mol. The van der Waals surface area contributed by atoms with Crippen molar-refractivity contribution in [1.82, 2.24) is 0 Å². The Bertz CT molecular complexity index is 664. The molecule has 0 aliphatic heterocycles. The molecule has 2 aromatic rings. The Morgan fingerprint density at radius 1 is 1.25 bits per heavy atom. The highest BCUT2D eigenvalue weighted by Gasteiger charge is 2.11. The standard InChI is InChI=1S/C14H10ClF2NOS/c15-11-2-1-3-12(13(11)17)19-7-8-4-5-9(16)6-10(8)14(18)20/h1-6H,7H2,(H2,18,20). The van der Waals surface area contributed by atoms with E-state index in [1.807, 2.05) is 0 Å². The van der Waals surface area contributed by atoms with Crippen molar-refractivity contribution < 1.29 is 13.5 Å². The van der Waals surface area contributed by atoms with Gasteiger partial charge in [0.1, 0.15) is 17.4 Å². The van der Waals surface area contributed by atoms with Crippen LogP contribution in [-0.2, 0) is 6.61 Å². The van der Waals surface area contributed by atoms with Gasteiger partial charge in [-0.05, 0) is 29.8 Å². The van der Waals surface area contributed by atoms with E-state index in [-0.39, 0.29) is 22.4 Å². The molecule has 0 heterocycles. The van der Waals surface area contributed by atoms with Gasteiger partial charge in [-0.3, -0.25) is 0 Å². The van der Waals surface area contributed by atoms with Gasteiger partial charge < -0.3 is 10.5 Å². The summed E-state index contributed by atoms with van der Waals surface area (Å²) in [5.41, 5.74) is 6.45. The number of hydrogen-bond acceptors (Lipinski definition) is 2. The highest BCUT2D eigenvalue weighted by atomic mass is 35.5. The van der Waals surface area contributed by atoms with Gasteiger partial charge in [0.05, 0.1) is 5.02 Å². The van der Waals surface area contributed by atoms with Gasteiger partial charge in [-0.15, -0.1) is 0 Å². The van der Waals surface area contributed by atoms with E-state index in [1.165, 1.54) is 30.3 Å². The summed E-state index contributed by atoms with van der Waals surface area (Å²) in [4.78, 5) is 0.0506. The van der Waals surface area contributed by atoms with E-state index in [9.17, 15) is 8.78 Å². The van der Waals surface area contributed by atoms with Crippen LogP contribution in [0, 0.1) is 11.6 Å². The van der Waals surface area contributed by atoms with Crippen LogP contribution in [0.3, 0.4) is 0 Å². The second kappa shape index (κ2) is 6.15. The third-order valence-electron chi connectivity index (χ3n) is 2.64. The van der Waals surface area contributed by atoms with Crippen LogP contribution in [0.2, 0.25) is 5.02 Å². The topological polar surface area (TPSA) is 35.2 Å². The maximum absolute atomic E-state index is 13.7. The first-order valence-electron chi connectivity index (χ1n) is 5.64. The van der Waals surface area contributed by atoms with Crippen molar-refractivity contribution in [2.75, 3.05) is 0 Å². The quantitative estimate of drug-likeness (QED) is 0.871. The number of ether oxygens (including phenoxy) is 1. The van der Waals surface area contributed by atoms with E-state index in [2.05, 4.69) is 0 Å². The van der Waals surface area contributed by atoms with Crippen LogP contribution in [0.4, 0.5) is 8.78 Å². The smallest absolute Gasteiger partial charge is 0.183 e. The molecular weight excluding hydrogens is 304 g/mol. The zero-order valence-electron chi connectivity index (χ0n) is 10.2. The second-order valence-corrected chi connectivity index (χ2v) is 4.85. The van der Waals surface area contributed by atoms with E-state index in [0.29, 0.717) is 11.1 Å². The molecule has 0 atom stereocenters. The van der Waals surface area contributed by atoms with Crippen LogP contribution in [0.5, 0.6) is 5.75 Å². The molecule has 0 radical (unpaired) electrons. The third-order valence-corrected chi connectivity index (χ3v) is 3.15. The molecule has 0 saturated heterocycles. The van der Waals surface area contributed by atoms with Gasteiger partial charge >= 0.3 is 0 Å². The molecule has 2 rings (SSSR count). The first kappa shape index (κ1) is 14.7. The molecule has 20 heavy (non-hydrogen) atoms. The molecule has 0 unspecified atom stereocenters. The minimum Gasteiger partial charge on any atom is -0.486 e. The van der Waals surface area contributed by atoms with Crippen LogP contribution in [-0.4, -0.2) is 4.99 Å². The number of hydrogen-bond donors (Lipinski definition) is 1. The molecule has 0 fully saturated rings. The molecule has 2 nitrogen and oxygen atoms in total. The van der Waals surface area contributed by atoms with Gasteiger partial charge in [0.2, 0.25) is 0 Å². The Balaban J connectivity index is 2.23. The lowest BCUT2D eigenvalue weighted by Gasteiger charge is -2.11. The molecule has 0 amide bonds. The van der Waals surface area contributed by atoms with Crippen LogP contribution >= 0.6 is 23.8 Å². The summed E-state index contributed by atoms with van der Waals surface area (Å²) < 4.78 is 32.2. The Morgan fingerprint density at radius 3 is 2.70 bits per heavy atom. The largest absolute Gasteiger partial charge is 0.486 e. The molecule has 0 bridgehead atoms. The van der Waals surface area contributed by atoms with Gasteiger partial charge in [0.25, 0.3) is 0 Å². The van der Waals surface area contributed by atoms with E-state index < -0.39 is 11.6 Å².